The van der Waals surface area contributed by atoms with Crippen LogP contribution < -0.4 is 5.32 Å². The summed E-state index contributed by atoms with van der Waals surface area (Å²) in [5.74, 6) is -0.602. The number of nitrogens with one attached hydrogen (secondary N) is 1. The quantitative estimate of drug-likeness (QED) is 0.0316. The Bertz CT molecular complexity index is 843. The van der Waals surface area contributed by atoms with Crippen molar-refractivity contribution in [3.05, 3.63) is 36.5 Å². The molecule has 0 aliphatic rings. The molecule has 312 valence electrons. The summed E-state index contributed by atoms with van der Waals surface area (Å²) >= 11 is 0. The fraction of sp³-hybridized carbons (Fsp3) is 0.851. The lowest BCUT2D eigenvalue weighted by atomic mass is 10.00. The number of amides is 1. The van der Waals surface area contributed by atoms with Crippen LogP contribution >= 0.6 is 0 Å². The molecule has 4 unspecified atom stereocenters. The summed E-state index contributed by atoms with van der Waals surface area (Å²) in [5.41, 5.74) is 0. The normalized spacial score (nSPS) is 14.5. The van der Waals surface area contributed by atoms with Gasteiger partial charge in [0.05, 0.1) is 18.8 Å². The third-order valence-electron chi connectivity index (χ3n) is 10.6. The van der Waals surface area contributed by atoms with E-state index in [1.54, 1.807) is 0 Å². The predicted octanol–water partition coefficient (Wildman–Crippen LogP) is 12.1. The number of hydrogen-bond donors (Lipinski definition) is 5. The van der Waals surface area contributed by atoms with E-state index in [9.17, 15) is 25.2 Å². The molecule has 53 heavy (non-hydrogen) atoms. The Balaban J connectivity index is 3.77. The van der Waals surface area contributed by atoms with E-state index in [0.29, 0.717) is 19.3 Å². The smallest absolute Gasteiger partial charge is 0.249 e. The van der Waals surface area contributed by atoms with Crippen LogP contribution in [0.1, 0.15) is 226 Å². The Morgan fingerprint density at radius 3 is 1.19 bits per heavy atom. The molecule has 0 saturated heterocycles. The van der Waals surface area contributed by atoms with Gasteiger partial charge in [-0.05, 0) is 77.0 Å². The van der Waals surface area contributed by atoms with Crippen LogP contribution in [0.25, 0.3) is 0 Å². The lowest BCUT2D eigenvalue weighted by Crippen LogP contribution is -2.53. The molecule has 0 aliphatic carbocycles. The van der Waals surface area contributed by atoms with E-state index in [1.807, 2.05) is 0 Å². The van der Waals surface area contributed by atoms with Crippen molar-refractivity contribution >= 4 is 5.91 Å². The van der Waals surface area contributed by atoms with Gasteiger partial charge in [0, 0.05) is 0 Å². The van der Waals surface area contributed by atoms with Gasteiger partial charge in [-0.2, -0.15) is 0 Å². The molecular weight excluding hydrogens is 659 g/mol. The first-order valence-corrected chi connectivity index (χ1v) is 22.9. The zero-order valence-corrected chi connectivity index (χ0v) is 35.0. The first-order valence-electron chi connectivity index (χ1n) is 22.9. The van der Waals surface area contributed by atoms with Crippen molar-refractivity contribution in [3.63, 3.8) is 0 Å². The number of aliphatic hydroxyl groups is 4. The zero-order valence-electron chi connectivity index (χ0n) is 35.0. The second-order valence-corrected chi connectivity index (χ2v) is 15.7. The van der Waals surface area contributed by atoms with Crippen LogP contribution in [0, 0.1) is 0 Å². The van der Waals surface area contributed by atoms with Gasteiger partial charge >= 0.3 is 0 Å². The fourth-order valence-corrected chi connectivity index (χ4v) is 6.89. The minimum Gasteiger partial charge on any atom is -0.394 e. The van der Waals surface area contributed by atoms with E-state index in [-0.39, 0.29) is 0 Å². The Kier molecular flexibility index (Phi) is 40.5. The lowest BCUT2D eigenvalue weighted by Gasteiger charge is -2.27. The van der Waals surface area contributed by atoms with E-state index >= 15 is 0 Å². The van der Waals surface area contributed by atoms with Crippen LogP contribution in [0.3, 0.4) is 0 Å². The van der Waals surface area contributed by atoms with Crippen LogP contribution in [0.5, 0.6) is 0 Å². The molecule has 0 aromatic heterocycles. The van der Waals surface area contributed by atoms with Crippen molar-refractivity contribution in [3.8, 4) is 0 Å². The van der Waals surface area contributed by atoms with Gasteiger partial charge in [-0.25, -0.2) is 0 Å². The van der Waals surface area contributed by atoms with Crippen molar-refractivity contribution in [1.82, 2.24) is 5.32 Å². The van der Waals surface area contributed by atoms with Crippen molar-refractivity contribution < 1.29 is 25.2 Å². The molecule has 0 fully saturated rings. The molecule has 6 nitrogen and oxygen atoms in total. The first kappa shape index (κ1) is 51.5. The SMILES string of the molecule is CCCCCCCC/C=C/CC/C=C/CCCC(O)C(O)C(CO)NC(=O)C(O)CCCCCCCC/C=C\CCCCCCCCCCCCCC. The molecule has 1 amide bonds. The lowest BCUT2D eigenvalue weighted by molar-refractivity contribution is -0.132. The van der Waals surface area contributed by atoms with Gasteiger partial charge in [-0.3, -0.25) is 4.79 Å². The Morgan fingerprint density at radius 1 is 0.453 bits per heavy atom. The molecule has 0 aliphatic heterocycles. The molecule has 0 bridgehead atoms. The van der Waals surface area contributed by atoms with Crippen molar-refractivity contribution in [1.29, 1.82) is 0 Å². The molecule has 0 aromatic carbocycles. The highest BCUT2D eigenvalue weighted by atomic mass is 16.3. The molecule has 0 heterocycles. The molecule has 0 saturated carbocycles. The van der Waals surface area contributed by atoms with Crippen molar-refractivity contribution in [2.45, 2.75) is 250 Å². The molecule has 0 aromatic rings. The summed E-state index contributed by atoms with van der Waals surface area (Å²) in [7, 11) is 0. The number of allylic oxidation sites excluding steroid dienone is 6. The number of hydrogen-bond acceptors (Lipinski definition) is 5. The number of carbonyl (C=O) groups excluding carboxylic acids is 1. The van der Waals surface area contributed by atoms with Crippen LogP contribution in [-0.2, 0) is 4.79 Å². The standard InChI is InChI=1S/C47H89NO5/c1-3-5-7-9-11-13-15-17-19-20-21-22-23-24-25-27-29-31-33-35-37-39-41-45(51)47(53)48-43(42-49)46(52)44(50)40-38-36-34-32-30-28-26-18-16-14-12-10-8-6-4-2/h18,24-26,32,34,43-46,49-52H,3-17,19-23,27-31,33,35-42H2,1-2H3,(H,48,53)/b25-24-,26-18+,34-32+. The zero-order chi connectivity index (χ0) is 38.9. The van der Waals surface area contributed by atoms with E-state index in [1.165, 1.54) is 141 Å². The minimum atomic E-state index is -1.29. The Morgan fingerprint density at radius 2 is 0.792 bits per heavy atom. The maximum atomic E-state index is 12.5. The summed E-state index contributed by atoms with van der Waals surface area (Å²) < 4.78 is 0. The van der Waals surface area contributed by atoms with E-state index < -0.39 is 36.9 Å². The maximum absolute atomic E-state index is 12.5. The van der Waals surface area contributed by atoms with Crippen LogP contribution in [0.2, 0.25) is 0 Å². The Hall–Kier alpha value is -1.47. The summed E-state index contributed by atoms with van der Waals surface area (Å²) in [6.07, 6.45) is 48.9. The second-order valence-electron chi connectivity index (χ2n) is 15.7. The topological polar surface area (TPSA) is 110 Å². The third kappa shape index (κ3) is 36.0. The van der Waals surface area contributed by atoms with E-state index in [4.69, 9.17) is 0 Å². The summed E-state index contributed by atoms with van der Waals surface area (Å²) in [6.45, 7) is 4.03. The van der Waals surface area contributed by atoms with Gasteiger partial charge in [-0.15, -0.1) is 0 Å². The van der Waals surface area contributed by atoms with Crippen LogP contribution in [0.15, 0.2) is 36.5 Å². The van der Waals surface area contributed by atoms with Gasteiger partial charge in [0.1, 0.15) is 12.2 Å². The van der Waals surface area contributed by atoms with E-state index in [2.05, 4.69) is 55.6 Å². The van der Waals surface area contributed by atoms with Crippen LogP contribution in [-0.4, -0.2) is 57.3 Å². The number of carbonyl (C=O) groups is 1. The molecular formula is C47H89NO5. The summed E-state index contributed by atoms with van der Waals surface area (Å²) in [5, 5.41) is 43.6. The molecule has 4 atom stereocenters. The highest BCUT2D eigenvalue weighted by Crippen LogP contribution is 2.15. The van der Waals surface area contributed by atoms with Gasteiger partial charge in [0.2, 0.25) is 5.91 Å². The second kappa shape index (κ2) is 41.7. The van der Waals surface area contributed by atoms with Gasteiger partial charge < -0.3 is 25.7 Å². The monoisotopic (exact) mass is 748 g/mol. The van der Waals surface area contributed by atoms with Gasteiger partial charge in [0.15, 0.2) is 0 Å². The average Bonchev–Trinajstić information content (AvgIpc) is 3.16. The highest BCUT2D eigenvalue weighted by molar-refractivity contribution is 5.80. The number of rotatable bonds is 41. The first-order chi connectivity index (χ1) is 26.0. The molecule has 0 spiro atoms. The maximum Gasteiger partial charge on any atom is 0.249 e. The van der Waals surface area contributed by atoms with E-state index in [0.717, 1.165) is 51.4 Å². The summed E-state index contributed by atoms with van der Waals surface area (Å²) in [6, 6.07) is -1.01. The minimum absolute atomic E-state index is 0.353. The predicted molar refractivity (Wildman–Crippen MR) is 228 cm³/mol. The number of aliphatic hydroxyl groups excluding tert-OH is 4. The number of unbranched alkanes of at least 4 members (excludes halogenated alkanes) is 26. The molecule has 0 radical (unpaired) electrons. The fourth-order valence-electron chi connectivity index (χ4n) is 6.89. The molecule has 0 rings (SSSR count). The van der Waals surface area contributed by atoms with Gasteiger partial charge in [-0.1, -0.05) is 185 Å². The average molecular weight is 748 g/mol. The van der Waals surface area contributed by atoms with Gasteiger partial charge in [0.25, 0.3) is 0 Å². The highest BCUT2D eigenvalue weighted by Gasteiger charge is 2.28. The van der Waals surface area contributed by atoms with Crippen molar-refractivity contribution in [2.75, 3.05) is 6.61 Å². The Labute approximate surface area is 328 Å². The summed E-state index contributed by atoms with van der Waals surface area (Å²) in [4.78, 5) is 12.5. The van der Waals surface area contributed by atoms with Crippen molar-refractivity contribution in [2.24, 2.45) is 0 Å². The molecule has 5 N–H and O–H groups in total. The third-order valence-corrected chi connectivity index (χ3v) is 10.6. The van der Waals surface area contributed by atoms with Crippen LogP contribution in [0.4, 0.5) is 0 Å². The largest absolute Gasteiger partial charge is 0.394 e. The molecule has 6 heteroatoms.